The van der Waals surface area contributed by atoms with E-state index >= 15 is 0 Å². The second-order valence-corrected chi connectivity index (χ2v) is 9.65. The summed E-state index contributed by atoms with van der Waals surface area (Å²) in [5.41, 5.74) is 11.0. The third-order valence-corrected chi connectivity index (χ3v) is 7.15. The average Bonchev–Trinajstić information content (AvgIpc) is 3.04. The van der Waals surface area contributed by atoms with Gasteiger partial charge in [0.05, 0.1) is 22.6 Å². The van der Waals surface area contributed by atoms with Crippen molar-refractivity contribution in [2.24, 2.45) is 5.73 Å². The molecule has 3 N–H and O–H groups in total. The fraction of sp³-hybridized carbons (Fsp3) is 0.286. The number of aromatic amines is 1. The summed E-state index contributed by atoms with van der Waals surface area (Å²) in [5.74, 6) is 0.111. The van der Waals surface area contributed by atoms with Crippen molar-refractivity contribution in [2.75, 3.05) is 11.5 Å². The van der Waals surface area contributed by atoms with Crippen molar-refractivity contribution >= 4 is 26.6 Å². The molecule has 27 heavy (non-hydrogen) atoms. The van der Waals surface area contributed by atoms with Gasteiger partial charge in [-0.25, -0.2) is 8.42 Å². The first-order valence-corrected chi connectivity index (χ1v) is 10.9. The number of rotatable bonds is 3. The molecule has 1 aromatic heterocycles. The first-order chi connectivity index (χ1) is 12.8. The van der Waals surface area contributed by atoms with E-state index in [0.717, 1.165) is 33.2 Å². The Kier molecular flexibility index (Phi) is 4.30. The highest BCUT2D eigenvalue weighted by atomic mass is 32.2. The van der Waals surface area contributed by atoms with Gasteiger partial charge >= 0.3 is 0 Å². The topological polar surface area (TPSA) is 93.0 Å². The summed E-state index contributed by atoms with van der Waals surface area (Å²) in [6.45, 7) is 2.03. The van der Waals surface area contributed by atoms with Crippen LogP contribution in [0.2, 0.25) is 0 Å². The lowest BCUT2D eigenvalue weighted by atomic mass is 9.90. The SMILES string of the molecule is Cc1cccc(-c2cc(C(N)=O)c3[nH]cc(C4CCS(=O)(=O)CC4)c3c2)c1. The van der Waals surface area contributed by atoms with Gasteiger partial charge in [0.2, 0.25) is 0 Å². The zero-order valence-electron chi connectivity index (χ0n) is 15.2. The summed E-state index contributed by atoms with van der Waals surface area (Å²) in [6.07, 6.45) is 3.12. The van der Waals surface area contributed by atoms with E-state index in [1.807, 2.05) is 37.4 Å². The van der Waals surface area contributed by atoms with E-state index in [1.165, 1.54) is 0 Å². The molecule has 0 bridgehead atoms. The van der Waals surface area contributed by atoms with E-state index in [4.69, 9.17) is 5.73 Å². The summed E-state index contributed by atoms with van der Waals surface area (Å²) < 4.78 is 23.5. The predicted molar refractivity (Wildman–Crippen MR) is 108 cm³/mol. The standard InChI is InChI=1S/C21H22N2O3S/c1-13-3-2-4-15(9-13)16-10-17-19(14-5-7-27(25,26)8-6-14)12-23-20(17)18(11-16)21(22)24/h2-4,9-12,14,23H,5-8H2,1H3,(H2,22,24). The molecule has 1 amide bonds. The number of nitrogens with two attached hydrogens (primary N) is 1. The maximum absolute atomic E-state index is 12.1. The Balaban J connectivity index is 1.86. The molecule has 0 unspecified atom stereocenters. The van der Waals surface area contributed by atoms with Gasteiger partial charge in [-0.15, -0.1) is 0 Å². The molecular weight excluding hydrogens is 360 g/mol. The normalized spacial score (nSPS) is 17.2. The predicted octanol–water partition coefficient (Wildman–Crippen LogP) is 3.53. The molecule has 1 aliphatic rings. The number of aromatic nitrogens is 1. The van der Waals surface area contributed by atoms with Gasteiger partial charge in [0, 0.05) is 11.6 Å². The Morgan fingerprint density at radius 2 is 1.85 bits per heavy atom. The number of carbonyl (C=O) groups is 1. The van der Waals surface area contributed by atoms with Crippen molar-refractivity contribution in [2.45, 2.75) is 25.7 Å². The smallest absolute Gasteiger partial charge is 0.250 e. The Morgan fingerprint density at radius 1 is 1.11 bits per heavy atom. The summed E-state index contributed by atoms with van der Waals surface area (Å²) in [4.78, 5) is 15.3. The van der Waals surface area contributed by atoms with Gasteiger partial charge in [-0.3, -0.25) is 4.79 Å². The number of H-pyrrole nitrogens is 1. The molecule has 4 rings (SSSR count). The third kappa shape index (κ3) is 3.37. The second-order valence-electron chi connectivity index (χ2n) is 7.35. The summed E-state index contributed by atoms with van der Waals surface area (Å²) in [7, 11) is -2.92. The Bertz CT molecular complexity index is 1130. The molecule has 0 spiro atoms. The van der Waals surface area contributed by atoms with Crippen molar-refractivity contribution in [3.8, 4) is 11.1 Å². The minimum absolute atomic E-state index is 0.163. The largest absolute Gasteiger partial charge is 0.366 e. The average molecular weight is 382 g/mol. The van der Waals surface area contributed by atoms with E-state index in [0.29, 0.717) is 18.4 Å². The van der Waals surface area contributed by atoms with Gasteiger partial charge in [0.25, 0.3) is 5.91 Å². The first-order valence-electron chi connectivity index (χ1n) is 9.06. The van der Waals surface area contributed by atoms with Crippen LogP contribution in [0.15, 0.2) is 42.6 Å². The highest BCUT2D eigenvalue weighted by Crippen LogP contribution is 2.37. The number of hydrogen-bond donors (Lipinski definition) is 2. The van der Waals surface area contributed by atoms with Crippen LogP contribution in [0.4, 0.5) is 0 Å². The molecule has 0 saturated carbocycles. The van der Waals surface area contributed by atoms with Crippen LogP contribution in [0.5, 0.6) is 0 Å². The van der Waals surface area contributed by atoms with Crippen LogP contribution in [-0.2, 0) is 9.84 Å². The summed E-state index contributed by atoms with van der Waals surface area (Å²) in [6, 6.07) is 12.0. The molecular formula is C21H22N2O3S. The van der Waals surface area contributed by atoms with E-state index in [2.05, 4.69) is 17.1 Å². The monoisotopic (exact) mass is 382 g/mol. The number of fused-ring (bicyclic) bond motifs is 1. The molecule has 6 heteroatoms. The number of sulfone groups is 1. The quantitative estimate of drug-likeness (QED) is 0.726. The third-order valence-electron chi connectivity index (χ3n) is 5.43. The molecule has 2 aromatic carbocycles. The Morgan fingerprint density at radius 3 is 2.52 bits per heavy atom. The van der Waals surface area contributed by atoms with Gasteiger partial charge in [-0.2, -0.15) is 0 Å². The number of nitrogens with one attached hydrogen (secondary N) is 1. The fourth-order valence-electron chi connectivity index (χ4n) is 3.98. The van der Waals surface area contributed by atoms with Crippen LogP contribution in [0.1, 0.15) is 40.2 Å². The van der Waals surface area contributed by atoms with Crippen LogP contribution in [0, 0.1) is 6.92 Å². The zero-order chi connectivity index (χ0) is 19.2. The summed E-state index contributed by atoms with van der Waals surface area (Å²) in [5, 5.41) is 0.951. The van der Waals surface area contributed by atoms with Gasteiger partial charge in [-0.1, -0.05) is 29.8 Å². The van der Waals surface area contributed by atoms with Gasteiger partial charge in [0.1, 0.15) is 9.84 Å². The molecule has 5 nitrogen and oxygen atoms in total. The summed E-state index contributed by atoms with van der Waals surface area (Å²) >= 11 is 0. The number of primary amides is 1. The van der Waals surface area contributed by atoms with Crippen LogP contribution >= 0.6 is 0 Å². The molecule has 3 aromatic rings. The van der Waals surface area contributed by atoms with Crippen molar-refractivity contribution in [1.29, 1.82) is 0 Å². The number of carbonyl (C=O) groups excluding carboxylic acids is 1. The van der Waals surface area contributed by atoms with Gasteiger partial charge < -0.3 is 10.7 Å². The van der Waals surface area contributed by atoms with Crippen molar-refractivity contribution < 1.29 is 13.2 Å². The molecule has 1 saturated heterocycles. The second kappa shape index (κ2) is 6.53. The maximum atomic E-state index is 12.1. The number of hydrogen-bond acceptors (Lipinski definition) is 3. The zero-order valence-corrected chi connectivity index (χ0v) is 16.0. The molecule has 0 atom stereocenters. The number of amides is 1. The first kappa shape index (κ1) is 17.8. The maximum Gasteiger partial charge on any atom is 0.250 e. The van der Waals surface area contributed by atoms with E-state index in [1.54, 1.807) is 0 Å². The van der Waals surface area contributed by atoms with E-state index < -0.39 is 15.7 Å². The lowest BCUT2D eigenvalue weighted by Crippen LogP contribution is -2.22. The highest BCUT2D eigenvalue weighted by molar-refractivity contribution is 7.91. The van der Waals surface area contributed by atoms with Crippen molar-refractivity contribution in [3.63, 3.8) is 0 Å². The number of aryl methyl sites for hydroxylation is 1. The molecule has 1 aliphatic heterocycles. The van der Waals surface area contributed by atoms with Crippen molar-refractivity contribution in [3.05, 3.63) is 59.3 Å². The minimum Gasteiger partial charge on any atom is -0.366 e. The molecule has 2 heterocycles. The molecule has 0 radical (unpaired) electrons. The molecule has 1 fully saturated rings. The van der Waals surface area contributed by atoms with Crippen LogP contribution in [0.3, 0.4) is 0 Å². The van der Waals surface area contributed by atoms with Gasteiger partial charge in [-0.05, 0) is 54.5 Å². The van der Waals surface area contributed by atoms with Crippen molar-refractivity contribution in [1.82, 2.24) is 4.98 Å². The van der Waals surface area contributed by atoms with Crippen LogP contribution in [-0.4, -0.2) is 30.8 Å². The molecule has 140 valence electrons. The highest BCUT2D eigenvalue weighted by Gasteiger charge is 2.27. The van der Waals surface area contributed by atoms with E-state index in [-0.39, 0.29) is 17.4 Å². The minimum atomic E-state index is -2.92. The van der Waals surface area contributed by atoms with E-state index in [9.17, 15) is 13.2 Å². The van der Waals surface area contributed by atoms with Gasteiger partial charge in [0.15, 0.2) is 0 Å². The van der Waals surface area contributed by atoms with Crippen LogP contribution < -0.4 is 5.73 Å². The Labute approximate surface area is 158 Å². The fourth-order valence-corrected chi connectivity index (χ4v) is 5.47. The molecule has 0 aliphatic carbocycles. The van der Waals surface area contributed by atoms with Crippen LogP contribution in [0.25, 0.3) is 22.0 Å². The lowest BCUT2D eigenvalue weighted by molar-refractivity contribution is 0.100. The number of benzene rings is 2. The lowest BCUT2D eigenvalue weighted by Gasteiger charge is -2.21. The Hall–Kier alpha value is -2.60.